The number of alkyl halides is 3. The lowest BCUT2D eigenvalue weighted by atomic mass is 9.85. The molecule has 0 unspecified atom stereocenters. The molecule has 1 saturated carbocycles. The molecule has 2 aromatic rings. The summed E-state index contributed by atoms with van der Waals surface area (Å²) in [4.78, 5) is 23.9. The Morgan fingerprint density at radius 2 is 1.84 bits per heavy atom. The van der Waals surface area contributed by atoms with Crippen molar-refractivity contribution in [1.29, 1.82) is 0 Å². The molecule has 3 atom stereocenters. The van der Waals surface area contributed by atoms with Crippen LogP contribution in [0.3, 0.4) is 0 Å². The Kier molecular flexibility index (Phi) is 6.29. The maximum absolute atomic E-state index is 13.0. The van der Waals surface area contributed by atoms with Gasteiger partial charge < -0.3 is 15.0 Å². The molecule has 1 aromatic carbocycles. The number of nitrogens with zero attached hydrogens (tertiary/aromatic N) is 3. The van der Waals surface area contributed by atoms with E-state index in [9.17, 15) is 18.0 Å². The minimum Gasteiger partial charge on any atom is -0.406 e. The SMILES string of the molecule is O=C(NCCc1ccc(OC(F)(F)F)cc1)[C@@H]1C[C@H]2CCCC[C@H]2N1c1ncccn1. The standard InChI is InChI=1S/C22H25F3N4O2/c23-22(24,25)31-17-8-6-15(7-9-17)10-13-26-20(30)19-14-16-4-1-2-5-18(16)29(19)21-27-11-3-12-28-21/h3,6-9,11-12,16,18-19H,1-2,4-5,10,13-14H2,(H,26,30)/t16-,18-,19+/m1/s1. The number of anilines is 1. The number of hydrogen-bond donors (Lipinski definition) is 1. The van der Waals surface area contributed by atoms with E-state index in [0.717, 1.165) is 31.2 Å². The number of carbonyl (C=O) groups is 1. The van der Waals surface area contributed by atoms with Gasteiger partial charge in [-0.1, -0.05) is 25.0 Å². The van der Waals surface area contributed by atoms with Gasteiger partial charge in [-0.3, -0.25) is 4.79 Å². The van der Waals surface area contributed by atoms with Gasteiger partial charge in [0, 0.05) is 25.0 Å². The molecule has 9 heteroatoms. The lowest BCUT2D eigenvalue weighted by molar-refractivity contribution is -0.274. The van der Waals surface area contributed by atoms with E-state index >= 15 is 0 Å². The summed E-state index contributed by atoms with van der Waals surface area (Å²) in [5, 5.41) is 2.99. The molecule has 1 saturated heterocycles. The second-order valence-corrected chi connectivity index (χ2v) is 8.05. The van der Waals surface area contributed by atoms with Crippen molar-refractivity contribution in [2.45, 2.75) is 57.0 Å². The summed E-state index contributed by atoms with van der Waals surface area (Å²) in [7, 11) is 0. The van der Waals surface area contributed by atoms with Crippen LogP contribution in [-0.4, -0.2) is 40.9 Å². The van der Waals surface area contributed by atoms with E-state index in [2.05, 4.69) is 24.9 Å². The van der Waals surface area contributed by atoms with Gasteiger partial charge in [0.05, 0.1) is 0 Å². The summed E-state index contributed by atoms with van der Waals surface area (Å²) in [5.41, 5.74) is 0.818. The van der Waals surface area contributed by atoms with Gasteiger partial charge in [0.2, 0.25) is 11.9 Å². The third-order valence-electron chi connectivity index (χ3n) is 6.04. The van der Waals surface area contributed by atoms with E-state index in [1.807, 2.05) is 0 Å². The van der Waals surface area contributed by atoms with Crippen molar-refractivity contribution in [2.24, 2.45) is 5.92 Å². The first-order valence-electron chi connectivity index (χ1n) is 10.6. The highest BCUT2D eigenvalue weighted by Crippen LogP contribution is 2.41. The molecule has 1 aliphatic carbocycles. The monoisotopic (exact) mass is 434 g/mol. The molecule has 0 spiro atoms. The van der Waals surface area contributed by atoms with Crippen LogP contribution in [0.5, 0.6) is 5.75 Å². The zero-order valence-electron chi connectivity index (χ0n) is 17.0. The third-order valence-corrected chi connectivity index (χ3v) is 6.04. The van der Waals surface area contributed by atoms with E-state index < -0.39 is 6.36 Å². The zero-order valence-corrected chi connectivity index (χ0v) is 17.0. The van der Waals surface area contributed by atoms with Gasteiger partial charge in [0.1, 0.15) is 11.8 Å². The minimum absolute atomic E-state index is 0.0566. The van der Waals surface area contributed by atoms with Gasteiger partial charge in [-0.2, -0.15) is 0 Å². The number of halogens is 3. The van der Waals surface area contributed by atoms with Crippen LogP contribution in [0.25, 0.3) is 0 Å². The smallest absolute Gasteiger partial charge is 0.406 e. The van der Waals surface area contributed by atoms with E-state index in [1.165, 1.54) is 18.6 Å². The Morgan fingerprint density at radius 1 is 1.13 bits per heavy atom. The summed E-state index contributed by atoms with van der Waals surface area (Å²) in [6.45, 7) is 0.396. The molecule has 1 amide bonds. The van der Waals surface area contributed by atoms with Crippen molar-refractivity contribution in [2.75, 3.05) is 11.4 Å². The van der Waals surface area contributed by atoms with Gasteiger partial charge in [0.25, 0.3) is 0 Å². The van der Waals surface area contributed by atoms with Gasteiger partial charge in [-0.15, -0.1) is 13.2 Å². The first kappa shape index (κ1) is 21.4. The van der Waals surface area contributed by atoms with E-state index in [1.54, 1.807) is 30.6 Å². The van der Waals surface area contributed by atoms with Crippen molar-refractivity contribution in [3.05, 3.63) is 48.3 Å². The zero-order chi connectivity index (χ0) is 21.8. The molecule has 1 aliphatic heterocycles. The molecule has 1 aromatic heterocycles. The summed E-state index contributed by atoms with van der Waals surface area (Å²) < 4.78 is 40.7. The molecule has 6 nitrogen and oxygen atoms in total. The fourth-order valence-electron chi connectivity index (χ4n) is 4.71. The average molecular weight is 434 g/mol. The molecular weight excluding hydrogens is 409 g/mol. The Bertz CT molecular complexity index is 877. The van der Waals surface area contributed by atoms with Crippen LogP contribution in [-0.2, 0) is 11.2 Å². The number of fused-ring (bicyclic) bond motifs is 1. The largest absolute Gasteiger partial charge is 0.573 e. The van der Waals surface area contributed by atoms with E-state index in [4.69, 9.17) is 0 Å². The lowest BCUT2D eigenvalue weighted by Gasteiger charge is -2.33. The maximum atomic E-state index is 13.0. The summed E-state index contributed by atoms with van der Waals surface area (Å²) >= 11 is 0. The predicted octanol–water partition coefficient (Wildman–Crippen LogP) is 3.87. The molecule has 4 rings (SSSR count). The maximum Gasteiger partial charge on any atom is 0.573 e. The first-order chi connectivity index (χ1) is 14.9. The molecule has 2 fully saturated rings. The van der Waals surface area contributed by atoms with Crippen LogP contribution in [0, 0.1) is 5.92 Å². The second kappa shape index (κ2) is 9.11. The van der Waals surface area contributed by atoms with Gasteiger partial charge in [-0.25, -0.2) is 9.97 Å². The van der Waals surface area contributed by atoms with Gasteiger partial charge in [0.15, 0.2) is 0 Å². The van der Waals surface area contributed by atoms with Crippen LogP contribution >= 0.6 is 0 Å². The molecule has 0 radical (unpaired) electrons. The van der Waals surface area contributed by atoms with Crippen LogP contribution in [0.1, 0.15) is 37.7 Å². The number of rotatable bonds is 6. The molecule has 31 heavy (non-hydrogen) atoms. The predicted molar refractivity (Wildman–Crippen MR) is 109 cm³/mol. The van der Waals surface area contributed by atoms with Crippen LogP contribution in [0.15, 0.2) is 42.7 Å². The van der Waals surface area contributed by atoms with Crippen molar-refractivity contribution in [3.63, 3.8) is 0 Å². The van der Waals surface area contributed by atoms with Crippen molar-refractivity contribution >= 4 is 11.9 Å². The molecule has 166 valence electrons. The molecule has 2 heterocycles. The summed E-state index contributed by atoms with van der Waals surface area (Å²) in [6, 6.07) is 7.44. The number of nitrogens with one attached hydrogen (secondary N) is 1. The number of benzene rings is 1. The van der Waals surface area contributed by atoms with Gasteiger partial charge >= 0.3 is 6.36 Å². The molecule has 2 aliphatic rings. The first-order valence-corrected chi connectivity index (χ1v) is 10.6. The molecular formula is C22H25F3N4O2. The van der Waals surface area contributed by atoms with E-state index in [0.29, 0.717) is 24.8 Å². The van der Waals surface area contributed by atoms with Gasteiger partial charge in [-0.05, 0) is 55.4 Å². The molecule has 1 N–H and O–H groups in total. The van der Waals surface area contributed by atoms with Crippen molar-refractivity contribution in [1.82, 2.24) is 15.3 Å². The van der Waals surface area contributed by atoms with Crippen LogP contribution in [0.2, 0.25) is 0 Å². The van der Waals surface area contributed by atoms with Crippen LogP contribution in [0.4, 0.5) is 19.1 Å². The Balaban J connectivity index is 1.36. The fourth-order valence-corrected chi connectivity index (χ4v) is 4.71. The van der Waals surface area contributed by atoms with Crippen molar-refractivity contribution < 1.29 is 22.7 Å². The number of hydrogen-bond acceptors (Lipinski definition) is 5. The Labute approximate surface area is 178 Å². The third kappa shape index (κ3) is 5.26. The topological polar surface area (TPSA) is 67.3 Å². The number of aromatic nitrogens is 2. The quantitative estimate of drug-likeness (QED) is 0.748. The highest BCUT2D eigenvalue weighted by atomic mass is 19.4. The number of amides is 1. The average Bonchev–Trinajstić information content (AvgIpc) is 3.14. The van der Waals surface area contributed by atoms with Crippen molar-refractivity contribution in [3.8, 4) is 5.75 Å². The number of carbonyl (C=O) groups excluding carboxylic acids is 1. The summed E-state index contributed by atoms with van der Waals surface area (Å²) in [5.74, 6) is 0.748. The summed E-state index contributed by atoms with van der Waals surface area (Å²) in [6.07, 6.45) is 4.47. The second-order valence-electron chi connectivity index (χ2n) is 8.05. The fraction of sp³-hybridized carbons (Fsp3) is 0.500. The minimum atomic E-state index is -4.71. The Hall–Kier alpha value is -2.84. The highest BCUT2D eigenvalue weighted by molar-refractivity contribution is 5.85. The lowest BCUT2D eigenvalue weighted by Crippen LogP contribution is -2.48. The molecule has 0 bridgehead atoms. The Morgan fingerprint density at radius 3 is 2.55 bits per heavy atom. The normalized spacial score (nSPS) is 23.3. The number of ether oxygens (including phenoxy) is 1. The van der Waals surface area contributed by atoms with E-state index in [-0.39, 0.29) is 23.7 Å². The van der Waals surface area contributed by atoms with Crippen LogP contribution < -0.4 is 15.0 Å². The highest BCUT2D eigenvalue weighted by Gasteiger charge is 2.46.